The fourth-order valence-electron chi connectivity index (χ4n) is 1.60. The Morgan fingerprint density at radius 1 is 1.60 bits per heavy atom. The highest BCUT2D eigenvalue weighted by Gasteiger charge is 2.11. The van der Waals surface area contributed by atoms with Crippen LogP contribution in [0.25, 0.3) is 0 Å². The number of amides is 1. The van der Waals surface area contributed by atoms with Crippen LogP contribution in [0.3, 0.4) is 0 Å². The zero-order valence-electron chi connectivity index (χ0n) is 9.46. The van der Waals surface area contributed by atoms with Crippen LogP contribution in [0, 0.1) is 13.8 Å². The van der Waals surface area contributed by atoms with Crippen molar-refractivity contribution in [2.75, 3.05) is 6.54 Å². The van der Waals surface area contributed by atoms with Crippen molar-refractivity contribution in [2.45, 2.75) is 33.2 Å². The van der Waals surface area contributed by atoms with Gasteiger partial charge in [-0.3, -0.25) is 4.79 Å². The molecule has 0 bridgehead atoms. The van der Waals surface area contributed by atoms with E-state index >= 15 is 0 Å². The molecule has 1 rings (SSSR count). The van der Waals surface area contributed by atoms with Crippen molar-refractivity contribution < 1.29 is 9.21 Å². The van der Waals surface area contributed by atoms with Crippen molar-refractivity contribution in [3.63, 3.8) is 0 Å². The Morgan fingerprint density at radius 2 is 2.27 bits per heavy atom. The largest absolute Gasteiger partial charge is 0.466 e. The summed E-state index contributed by atoms with van der Waals surface area (Å²) in [6.07, 6.45) is 0.361. The smallest absolute Gasteiger partial charge is 0.218 e. The molecule has 1 atom stereocenters. The lowest BCUT2D eigenvalue weighted by atomic mass is 10.1. The highest BCUT2D eigenvalue weighted by atomic mass is 16.3. The molecular weight excluding hydrogens is 192 g/mol. The highest BCUT2D eigenvalue weighted by Crippen LogP contribution is 2.20. The van der Waals surface area contributed by atoms with Gasteiger partial charge in [0, 0.05) is 24.6 Å². The minimum Gasteiger partial charge on any atom is -0.466 e. The van der Waals surface area contributed by atoms with E-state index in [-0.39, 0.29) is 11.9 Å². The molecule has 4 nitrogen and oxygen atoms in total. The second-order valence-corrected chi connectivity index (χ2v) is 3.76. The Morgan fingerprint density at radius 3 is 2.73 bits per heavy atom. The number of hydrogen-bond acceptors (Lipinski definition) is 3. The normalized spacial score (nSPS) is 12.7. The molecule has 1 heterocycles. The van der Waals surface area contributed by atoms with Crippen LogP contribution >= 0.6 is 0 Å². The maximum atomic E-state index is 10.6. The van der Waals surface area contributed by atoms with Gasteiger partial charge in [-0.15, -0.1) is 0 Å². The SMILES string of the molecule is Cc1cc(C(C)NCCC(N)=O)c(C)o1. The van der Waals surface area contributed by atoms with Crippen LogP contribution in [0.1, 0.15) is 36.5 Å². The summed E-state index contributed by atoms with van der Waals surface area (Å²) in [5, 5.41) is 3.22. The molecule has 1 amide bonds. The summed E-state index contributed by atoms with van der Waals surface area (Å²) in [7, 11) is 0. The lowest BCUT2D eigenvalue weighted by Gasteiger charge is -2.11. The second kappa shape index (κ2) is 4.98. The van der Waals surface area contributed by atoms with Gasteiger partial charge in [0.15, 0.2) is 0 Å². The first kappa shape index (κ1) is 11.8. The van der Waals surface area contributed by atoms with Crippen molar-refractivity contribution in [2.24, 2.45) is 5.73 Å². The summed E-state index contributed by atoms with van der Waals surface area (Å²) in [5.41, 5.74) is 6.19. The molecule has 0 aromatic carbocycles. The third kappa shape index (κ3) is 3.40. The van der Waals surface area contributed by atoms with Crippen LogP contribution < -0.4 is 11.1 Å². The molecule has 0 spiro atoms. The van der Waals surface area contributed by atoms with Crippen molar-refractivity contribution in [3.8, 4) is 0 Å². The number of carbonyl (C=O) groups excluding carboxylic acids is 1. The summed E-state index contributed by atoms with van der Waals surface area (Å²) >= 11 is 0. The van der Waals surface area contributed by atoms with Crippen LogP contribution in [0.4, 0.5) is 0 Å². The monoisotopic (exact) mass is 210 g/mol. The standard InChI is InChI=1S/C11H18N2O2/c1-7-6-10(9(3)15-7)8(2)13-5-4-11(12)14/h6,8,13H,4-5H2,1-3H3,(H2,12,14). The third-order valence-electron chi connectivity index (χ3n) is 2.37. The van der Waals surface area contributed by atoms with Crippen LogP contribution in [-0.4, -0.2) is 12.5 Å². The van der Waals surface area contributed by atoms with Gasteiger partial charge in [0.25, 0.3) is 0 Å². The first-order valence-corrected chi connectivity index (χ1v) is 5.09. The van der Waals surface area contributed by atoms with Gasteiger partial charge in [0.1, 0.15) is 11.5 Å². The fraction of sp³-hybridized carbons (Fsp3) is 0.545. The minimum atomic E-state index is -0.283. The molecule has 0 fully saturated rings. The lowest BCUT2D eigenvalue weighted by Crippen LogP contribution is -2.24. The number of hydrogen-bond donors (Lipinski definition) is 2. The average Bonchev–Trinajstić information content (AvgIpc) is 2.44. The van der Waals surface area contributed by atoms with E-state index in [0.717, 1.165) is 17.1 Å². The predicted molar refractivity (Wildman–Crippen MR) is 58.4 cm³/mol. The zero-order valence-corrected chi connectivity index (χ0v) is 9.46. The van der Waals surface area contributed by atoms with Crippen molar-refractivity contribution in [3.05, 3.63) is 23.2 Å². The van der Waals surface area contributed by atoms with Gasteiger partial charge in [-0.1, -0.05) is 0 Å². The quantitative estimate of drug-likeness (QED) is 0.772. The van der Waals surface area contributed by atoms with Gasteiger partial charge in [-0.2, -0.15) is 0 Å². The molecule has 0 aliphatic rings. The Bertz CT molecular complexity index is 344. The number of aryl methyl sites for hydroxylation is 2. The van der Waals surface area contributed by atoms with E-state index in [0.29, 0.717) is 13.0 Å². The fourth-order valence-corrected chi connectivity index (χ4v) is 1.60. The molecule has 1 aromatic rings. The van der Waals surface area contributed by atoms with Gasteiger partial charge in [-0.25, -0.2) is 0 Å². The molecule has 0 saturated heterocycles. The molecular formula is C11H18N2O2. The van der Waals surface area contributed by atoms with Gasteiger partial charge in [0.05, 0.1) is 0 Å². The van der Waals surface area contributed by atoms with Crippen molar-refractivity contribution >= 4 is 5.91 Å². The molecule has 3 N–H and O–H groups in total. The first-order valence-electron chi connectivity index (χ1n) is 5.09. The Balaban J connectivity index is 2.50. The van der Waals surface area contributed by atoms with Gasteiger partial charge < -0.3 is 15.5 Å². The van der Waals surface area contributed by atoms with Gasteiger partial charge >= 0.3 is 0 Å². The molecule has 84 valence electrons. The summed E-state index contributed by atoms with van der Waals surface area (Å²) in [4.78, 5) is 10.6. The molecule has 0 aliphatic heterocycles. The number of primary amides is 1. The average molecular weight is 210 g/mol. The van der Waals surface area contributed by atoms with Crippen LogP contribution in [0.5, 0.6) is 0 Å². The number of nitrogens with two attached hydrogens (primary N) is 1. The van der Waals surface area contributed by atoms with Crippen LogP contribution in [0.2, 0.25) is 0 Å². The van der Waals surface area contributed by atoms with Gasteiger partial charge in [0.2, 0.25) is 5.91 Å². The molecule has 0 aliphatic carbocycles. The Kier molecular flexibility index (Phi) is 3.91. The van der Waals surface area contributed by atoms with Crippen molar-refractivity contribution in [1.29, 1.82) is 0 Å². The first-order chi connectivity index (χ1) is 7.00. The van der Waals surface area contributed by atoms with E-state index < -0.39 is 0 Å². The van der Waals surface area contributed by atoms with E-state index in [1.165, 1.54) is 0 Å². The molecule has 4 heteroatoms. The number of rotatable bonds is 5. The Hall–Kier alpha value is -1.29. The lowest BCUT2D eigenvalue weighted by molar-refractivity contribution is -0.117. The van der Waals surface area contributed by atoms with Crippen LogP contribution in [-0.2, 0) is 4.79 Å². The molecule has 1 unspecified atom stereocenters. The summed E-state index contributed by atoms with van der Waals surface area (Å²) < 4.78 is 5.43. The number of nitrogens with one attached hydrogen (secondary N) is 1. The maximum absolute atomic E-state index is 10.6. The van der Waals surface area contributed by atoms with Crippen molar-refractivity contribution in [1.82, 2.24) is 5.32 Å². The van der Waals surface area contributed by atoms with E-state index in [1.807, 2.05) is 26.8 Å². The van der Waals surface area contributed by atoms with E-state index in [1.54, 1.807) is 0 Å². The minimum absolute atomic E-state index is 0.182. The second-order valence-electron chi connectivity index (χ2n) is 3.76. The number of carbonyl (C=O) groups is 1. The zero-order chi connectivity index (χ0) is 11.4. The molecule has 15 heavy (non-hydrogen) atoms. The Labute approximate surface area is 89.8 Å². The summed E-state index contributed by atoms with van der Waals surface area (Å²) in [6, 6.07) is 2.19. The molecule has 0 saturated carbocycles. The summed E-state index contributed by atoms with van der Waals surface area (Å²) in [5.74, 6) is 1.55. The van der Waals surface area contributed by atoms with Gasteiger partial charge in [-0.05, 0) is 26.8 Å². The topological polar surface area (TPSA) is 68.3 Å². The highest BCUT2D eigenvalue weighted by molar-refractivity contribution is 5.73. The van der Waals surface area contributed by atoms with Crippen LogP contribution in [0.15, 0.2) is 10.5 Å². The molecule has 0 radical (unpaired) electrons. The third-order valence-corrected chi connectivity index (χ3v) is 2.37. The van der Waals surface area contributed by atoms with E-state index in [2.05, 4.69) is 5.32 Å². The molecule has 1 aromatic heterocycles. The van der Waals surface area contributed by atoms with E-state index in [9.17, 15) is 4.79 Å². The van der Waals surface area contributed by atoms with E-state index in [4.69, 9.17) is 10.2 Å². The maximum Gasteiger partial charge on any atom is 0.218 e. The predicted octanol–water partition coefficient (Wildman–Crippen LogP) is 1.42. The number of furan rings is 1. The summed E-state index contributed by atoms with van der Waals surface area (Å²) in [6.45, 7) is 6.50.